The smallest absolute Gasteiger partial charge is 0.251 e. The first-order chi connectivity index (χ1) is 16.6. The van der Waals surface area contributed by atoms with E-state index in [4.69, 9.17) is 21.6 Å². The molecule has 0 atom stereocenters. The number of aliphatic hydroxyl groups is 1. The SMILES string of the molecule is CC1(C)C(NC(=O)c2ccc(N3CCC(CO)CC3)cc2)C(C)(C)C1Oc1ccc(C#N)c(Cl)c1. The second-order valence-corrected chi connectivity index (χ2v) is 11.4. The molecule has 0 aromatic heterocycles. The van der Waals surface area contributed by atoms with Gasteiger partial charge in [-0.3, -0.25) is 4.79 Å². The Hall–Kier alpha value is -2.75. The summed E-state index contributed by atoms with van der Waals surface area (Å²) in [4.78, 5) is 15.4. The molecule has 0 bridgehead atoms. The summed E-state index contributed by atoms with van der Waals surface area (Å²) in [5.41, 5.74) is 1.54. The number of hydrogen-bond donors (Lipinski definition) is 2. The van der Waals surface area contributed by atoms with Crippen LogP contribution in [-0.2, 0) is 0 Å². The summed E-state index contributed by atoms with van der Waals surface area (Å²) in [5.74, 6) is 0.914. The lowest BCUT2D eigenvalue weighted by Crippen LogP contribution is -2.74. The van der Waals surface area contributed by atoms with Gasteiger partial charge >= 0.3 is 0 Å². The maximum atomic E-state index is 13.1. The fourth-order valence-corrected chi connectivity index (χ4v) is 6.22. The van der Waals surface area contributed by atoms with Crippen molar-refractivity contribution in [1.29, 1.82) is 5.26 Å². The van der Waals surface area contributed by atoms with Crippen molar-refractivity contribution in [3.63, 3.8) is 0 Å². The third-order valence-corrected chi connectivity index (χ3v) is 8.11. The van der Waals surface area contributed by atoms with Gasteiger partial charge in [-0.05, 0) is 55.2 Å². The Bertz CT molecular complexity index is 1100. The number of carbonyl (C=O) groups is 1. The second-order valence-electron chi connectivity index (χ2n) is 11.0. The number of aliphatic hydroxyl groups excluding tert-OH is 1. The molecule has 1 saturated carbocycles. The Labute approximate surface area is 212 Å². The van der Waals surface area contributed by atoms with E-state index in [1.54, 1.807) is 18.2 Å². The van der Waals surface area contributed by atoms with Crippen LogP contribution in [0.15, 0.2) is 42.5 Å². The highest BCUT2D eigenvalue weighted by atomic mass is 35.5. The number of amides is 1. The van der Waals surface area contributed by atoms with Gasteiger partial charge in [0.2, 0.25) is 0 Å². The summed E-state index contributed by atoms with van der Waals surface area (Å²) in [6, 6.07) is 14.8. The van der Waals surface area contributed by atoms with Gasteiger partial charge in [-0.2, -0.15) is 5.26 Å². The summed E-state index contributed by atoms with van der Waals surface area (Å²) >= 11 is 6.18. The average Bonchev–Trinajstić information content (AvgIpc) is 2.85. The summed E-state index contributed by atoms with van der Waals surface area (Å²) in [5, 5.41) is 22.1. The fourth-order valence-electron chi connectivity index (χ4n) is 6.01. The monoisotopic (exact) mass is 495 g/mol. The molecule has 1 aliphatic heterocycles. The van der Waals surface area contributed by atoms with Crippen molar-refractivity contribution in [2.24, 2.45) is 16.7 Å². The van der Waals surface area contributed by atoms with Gasteiger partial charge in [0.05, 0.1) is 10.6 Å². The molecule has 2 fully saturated rings. The van der Waals surface area contributed by atoms with Crippen LogP contribution in [-0.4, -0.2) is 42.9 Å². The number of hydrogen-bond acceptors (Lipinski definition) is 5. The van der Waals surface area contributed by atoms with Crippen molar-refractivity contribution in [3.8, 4) is 11.8 Å². The maximum absolute atomic E-state index is 13.1. The van der Waals surface area contributed by atoms with E-state index in [0.29, 0.717) is 27.8 Å². The largest absolute Gasteiger partial charge is 0.489 e. The van der Waals surface area contributed by atoms with Crippen LogP contribution >= 0.6 is 11.6 Å². The number of benzene rings is 2. The molecular weight excluding hydrogens is 462 g/mol. The molecule has 0 unspecified atom stereocenters. The minimum absolute atomic E-state index is 0.0847. The highest BCUT2D eigenvalue weighted by molar-refractivity contribution is 6.31. The number of rotatable bonds is 6. The van der Waals surface area contributed by atoms with Crippen molar-refractivity contribution in [2.75, 3.05) is 24.6 Å². The number of carbonyl (C=O) groups excluding carboxylic acids is 1. The van der Waals surface area contributed by atoms with Crippen molar-refractivity contribution in [3.05, 3.63) is 58.6 Å². The van der Waals surface area contributed by atoms with E-state index in [1.807, 2.05) is 24.3 Å². The first kappa shape index (κ1) is 25.3. The first-order valence-corrected chi connectivity index (χ1v) is 12.6. The zero-order chi connectivity index (χ0) is 25.4. The van der Waals surface area contributed by atoms with Gasteiger partial charge < -0.3 is 20.1 Å². The predicted octanol–water partition coefficient (Wildman–Crippen LogP) is 5.03. The van der Waals surface area contributed by atoms with Gasteiger partial charge in [0.15, 0.2) is 0 Å². The molecule has 7 heteroatoms. The highest BCUT2D eigenvalue weighted by Gasteiger charge is 2.64. The van der Waals surface area contributed by atoms with Crippen LogP contribution in [0.3, 0.4) is 0 Å². The van der Waals surface area contributed by atoms with Gasteiger partial charge in [-0.15, -0.1) is 0 Å². The van der Waals surface area contributed by atoms with E-state index in [1.165, 1.54) is 0 Å². The van der Waals surface area contributed by atoms with Crippen molar-refractivity contribution < 1.29 is 14.6 Å². The van der Waals surface area contributed by atoms with Crippen LogP contribution in [0.5, 0.6) is 5.75 Å². The number of halogens is 1. The van der Waals surface area contributed by atoms with Crippen LogP contribution in [0.4, 0.5) is 5.69 Å². The molecule has 2 aliphatic rings. The van der Waals surface area contributed by atoms with E-state index >= 15 is 0 Å². The van der Waals surface area contributed by atoms with E-state index in [9.17, 15) is 9.90 Å². The van der Waals surface area contributed by atoms with Gasteiger partial charge in [-0.1, -0.05) is 39.3 Å². The van der Waals surface area contributed by atoms with Gasteiger partial charge in [0.25, 0.3) is 5.91 Å². The molecule has 0 radical (unpaired) electrons. The lowest BCUT2D eigenvalue weighted by atomic mass is 9.49. The van der Waals surface area contributed by atoms with Gasteiger partial charge in [0.1, 0.15) is 17.9 Å². The Morgan fingerprint density at radius 3 is 2.31 bits per heavy atom. The fraction of sp³-hybridized carbons (Fsp3) is 0.500. The molecule has 2 N–H and O–H groups in total. The Morgan fingerprint density at radius 1 is 1.14 bits per heavy atom. The molecule has 0 spiro atoms. The van der Waals surface area contributed by atoms with E-state index < -0.39 is 0 Å². The maximum Gasteiger partial charge on any atom is 0.251 e. The van der Waals surface area contributed by atoms with Crippen LogP contribution in [0, 0.1) is 28.1 Å². The van der Waals surface area contributed by atoms with Crippen LogP contribution in [0.1, 0.15) is 56.5 Å². The lowest BCUT2D eigenvalue weighted by molar-refractivity contribution is -0.164. The lowest BCUT2D eigenvalue weighted by Gasteiger charge is -2.63. The minimum atomic E-state index is -0.309. The molecule has 2 aromatic rings. The number of nitrogens with zero attached hydrogens (tertiary/aromatic N) is 2. The van der Waals surface area contributed by atoms with E-state index in [2.05, 4.69) is 44.0 Å². The van der Waals surface area contributed by atoms with Gasteiger partial charge in [0, 0.05) is 53.9 Å². The van der Waals surface area contributed by atoms with Crippen LogP contribution in [0.25, 0.3) is 0 Å². The molecule has 1 aliphatic carbocycles. The quantitative estimate of drug-likeness (QED) is 0.586. The molecule has 4 rings (SSSR count). The average molecular weight is 496 g/mol. The Balaban J connectivity index is 1.40. The van der Waals surface area contributed by atoms with Crippen molar-refractivity contribution in [1.82, 2.24) is 5.32 Å². The summed E-state index contributed by atoms with van der Waals surface area (Å²) < 4.78 is 6.31. The zero-order valence-corrected chi connectivity index (χ0v) is 21.6. The first-order valence-electron chi connectivity index (χ1n) is 12.2. The molecule has 1 saturated heterocycles. The standard InChI is InChI=1S/C28H34ClN3O3/c1-27(2)25(28(3,4)26(27)35-22-10-7-20(16-30)23(29)15-22)31-24(34)19-5-8-21(9-6-19)32-13-11-18(17-33)12-14-32/h5-10,15,18,25-26,33H,11-14,17H2,1-4H3,(H,31,34). The Morgan fingerprint density at radius 2 is 1.77 bits per heavy atom. The van der Waals surface area contributed by atoms with E-state index in [0.717, 1.165) is 31.6 Å². The molecule has 1 heterocycles. The predicted molar refractivity (Wildman–Crippen MR) is 138 cm³/mol. The summed E-state index contributed by atoms with van der Waals surface area (Å²) in [7, 11) is 0. The molecular formula is C28H34ClN3O3. The van der Waals surface area contributed by atoms with Crippen LogP contribution in [0.2, 0.25) is 5.02 Å². The summed E-state index contributed by atoms with van der Waals surface area (Å²) in [6.45, 7) is 10.5. The summed E-state index contributed by atoms with van der Waals surface area (Å²) in [6.07, 6.45) is 1.83. The topological polar surface area (TPSA) is 85.6 Å². The molecule has 35 heavy (non-hydrogen) atoms. The third-order valence-electron chi connectivity index (χ3n) is 7.80. The zero-order valence-electron chi connectivity index (χ0n) is 20.8. The minimum Gasteiger partial charge on any atom is -0.489 e. The number of anilines is 1. The number of piperidine rings is 1. The van der Waals surface area contributed by atoms with Crippen molar-refractivity contribution >= 4 is 23.2 Å². The van der Waals surface area contributed by atoms with Crippen LogP contribution < -0.4 is 15.0 Å². The number of nitriles is 1. The third kappa shape index (κ3) is 4.85. The molecule has 2 aromatic carbocycles. The van der Waals surface area contributed by atoms with Crippen molar-refractivity contribution in [2.45, 2.75) is 52.7 Å². The highest BCUT2D eigenvalue weighted by Crippen LogP contribution is 2.55. The molecule has 186 valence electrons. The Kier molecular flexibility index (Phi) is 7.04. The second kappa shape index (κ2) is 9.72. The van der Waals surface area contributed by atoms with E-state index in [-0.39, 0.29) is 35.5 Å². The molecule has 6 nitrogen and oxygen atoms in total. The normalized spacial score (nSPS) is 23.2. The molecule has 1 amide bonds. The van der Waals surface area contributed by atoms with Gasteiger partial charge in [-0.25, -0.2) is 0 Å². The number of nitrogens with one attached hydrogen (secondary N) is 1. The number of ether oxygens (including phenoxy) is 1.